The number of carbonyl (C=O) groups is 1. The fraction of sp³-hybridized carbons (Fsp3) is 0.286. The van der Waals surface area contributed by atoms with E-state index in [0.717, 1.165) is 16.6 Å². The standard InChI is InChI=1S/C14H17N3O2/c1-4-17(9-18)13-7-10-5-6-11(16(2)3)8-12(10)15-14(13)19/h5-9H,4H2,1-3H3,(H,15,19). The van der Waals surface area contributed by atoms with E-state index in [2.05, 4.69) is 4.98 Å². The van der Waals surface area contributed by atoms with Gasteiger partial charge in [-0.05, 0) is 25.1 Å². The van der Waals surface area contributed by atoms with Crippen LogP contribution in [0.4, 0.5) is 11.4 Å². The van der Waals surface area contributed by atoms with Crippen LogP contribution in [0.1, 0.15) is 6.92 Å². The lowest BCUT2D eigenvalue weighted by Crippen LogP contribution is -2.27. The maximum absolute atomic E-state index is 12.0. The Labute approximate surface area is 111 Å². The highest BCUT2D eigenvalue weighted by molar-refractivity contribution is 5.87. The van der Waals surface area contributed by atoms with Crippen LogP contribution in [0.3, 0.4) is 0 Å². The number of H-pyrrole nitrogens is 1. The summed E-state index contributed by atoms with van der Waals surface area (Å²) < 4.78 is 0. The summed E-state index contributed by atoms with van der Waals surface area (Å²) in [6.07, 6.45) is 0.671. The van der Waals surface area contributed by atoms with Gasteiger partial charge in [0.15, 0.2) is 0 Å². The zero-order valence-corrected chi connectivity index (χ0v) is 11.3. The SMILES string of the molecule is CCN(C=O)c1cc2ccc(N(C)C)cc2[nH]c1=O. The lowest BCUT2D eigenvalue weighted by Gasteiger charge is -2.16. The van der Waals surface area contributed by atoms with E-state index in [1.807, 2.05) is 44.1 Å². The van der Waals surface area contributed by atoms with Crippen molar-refractivity contribution in [1.82, 2.24) is 4.98 Å². The molecule has 0 aliphatic carbocycles. The number of nitrogens with one attached hydrogen (secondary N) is 1. The highest BCUT2D eigenvalue weighted by Gasteiger charge is 2.09. The van der Waals surface area contributed by atoms with E-state index in [0.29, 0.717) is 18.6 Å². The van der Waals surface area contributed by atoms with Crippen molar-refractivity contribution in [1.29, 1.82) is 0 Å². The van der Waals surface area contributed by atoms with Crippen molar-refractivity contribution in [2.24, 2.45) is 0 Å². The Morgan fingerprint density at radius 1 is 1.26 bits per heavy atom. The van der Waals surface area contributed by atoms with Gasteiger partial charge in [-0.1, -0.05) is 6.07 Å². The number of benzene rings is 1. The van der Waals surface area contributed by atoms with Gasteiger partial charge in [0.25, 0.3) is 5.56 Å². The van der Waals surface area contributed by atoms with Crippen molar-refractivity contribution in [2.45, 2.75) is 6.92 Å². The van der Waals surface area contributed by atoms with Crippen LogP contribution < -0.4 is 15.4 Å². The Balaban J connectivity index is 2.61. The summed E-state index contributed by atoms with van der Waals surface area (Å²) in [6, 6.07) is 7.56. The Bertz CT molecular complexity index is 661. The van der Waals surface area contributed by atoms with E-state index in [4.69, 9.17) is 0 Å². The first-order valence-corrected chi connectivity index (χ1v) is 6.13. The molecule has 0 aliphatic heterocycles. The number of anilines is 2. The molecular weight excluding hydrogens is 242 g/mol. The third-order valence-corrected chi connectivity index (χ3v) is 3.10. The molecule has 19 heavy (non-hydrogen) atoms. The third kappa shape index (κ3) is 2.45. The van der Waals surface area contributed by atoms with Gasteiger partial charge in [0.2, 0.25) is 6.41 Å². The topological polar surface area (TPSA) is 56.4 Å². The summed E-state index contributed by atoms with van der Waals surface area (Å²) in [5.41, 5.74) is 1.90. The molecule has 0 radical (unpaired) electrons. The Hall–Kier alpha value is -2.30. The fourth-order valence-electron chi connectivity index (χ4n) is 1.97. The molecule has 5 heteroatoms. The molecule has 5 nitrogen and oxygen atoms in total. The molecule has 0 aliphatic rings. The van der Waals surface area contributed by atoms with Crippen LogP contribution in [0.2, 0.25) is 0 Å². The monoisotopic (exact) mass is 259 g/mol. The van der Waals surface area contributed by atoms with Gasteiger partial charge in [0, 0.05) is 31.7 Å². The van der Waals surface area contributed by atoms with Crippen molar-refractivity contribution in [2.75, 3.05) is 30.4 Å². The summed E-state index contributed by atoms with van der Waals surface area (Å²) in [5.74, 6) is 0. The molecule has 1 N–H and O–H groups in total. The van der Waals surface area contributed by atoms with Gasteiger partial charge in [-0.3, -0.25) is 9.59 Å². The molecule has 2 aromatic rings. The minimum absolute atomic E-state index is 0.252. The van der Waals surface area contributed by atoms with Gasteiger partial charge in [-0.2, -0.15) is 0 Å². The number of aromatic amines is 1. The minimum Gasteiger partial charge on any atom is -0.378 e. The number of rotatable bonds is 4. The van der Waals surface area contributed by atoms with Crippen LogP contribution in [0.5, 0.6) is 0 Å². The molecular formula is C14H17N3O2. The molecule has 0 fully saturated rings. The number of amides is 1. The second-order valence-corrected chi connectivity index (χ2v) is 4.54. The van der Waals surface area contributed by atoms with E-state index in [1.54, 1.807) is 6.07 Å². The molecule has 1 heterocycles. The molecule has 2 rings (SSSR count). The van der Waals surface area contributed by atoms with E-state index < -0.39 is 0 Å². The first kappa shape index (κ1) is 13.1. The first-order chi connectivity index (χ1) is 9.06. The zero-order valence-electron chi connectivity index (χ0n) is 11.3. The zero-order chi connectivity index (χ0) is 14.0. The molecule has 1 amide bonds. The highest BCUT2D eigenvalue weighted by atomic mass is 16.1. The number of pyridine rings is 1. The fourth-order valence-corrected chi connectivity index (χ4v) is 1.97. The van der Waals surface area contributed by atoms with Crippen molar-refractivity contribution in [3.63, 3.8) is 0 Å². The maximum atomic E-state index is 12.0. The van der Waals surface area contributed by atoms with Crippen molar-refractivity contribution in [3.8, 4) is 0 Å². The molecule has 100 valence electrons. The maximum Gasteiger partial charge on any atom is 0.272 e. The Morgan fingerprint density at radius 3 is 2.58 bits per heavy atom. The van der Waals surface area contributed by atoms with Gasteiger partial charge >= 0.3 is 0 Å². The van der Waals surface area contributed by atoms with Crippen LogP contribution in [-0.2, 0) is 4.79 Å². The van der Waals surface area contributed by atoms with Crippen LogP contribution in [-0.4, -0.2) is 32.0 Å². The van der Waals surface area contributed by atoms with Crippen molar-refractivity contribution in [3.05, 3.63) is 34.6 Å². The van der Waals surface area contributed by atoms with Crippen LogP contribution in [0.25, 0.3) is 10.9 Å². The average molecular weight is 259 g/mol. The predicted molar refractivity (Wildman–Crippen MR) is 78.0 cm³/mol. The number of hydrogen-bond acceptors (Lipinski definition) is 3. The predicted octanol–water partition coefficient (Wildman–Crippen LogP) is 1.58. The largest absolute Gasteiger partial charge is 0.378 e. The lowest BCUT2D eigenvalue weighted by atomic mass is 10.1. The molecule has 0 saturated carbocycles. The molecule has 0 saturated heterocycles. The summed E-state index contributed by atoms with van der Waals surface area (Å²) in [6.45, 7) is 2.29. The van der Waals surface area contributed by atoms with Gasteiger partial charge < -0.3 is 14.8 Å². The number of aromatic nitrogens is 1. The quantitative estimate of drug-likeness (QED) is 0.848. The van der Waals surface area contributed by atoms with Crippen LogP contribution >= 0.6 is 0 Å². The number of carbonyl (C=O) groups excluding carboxylic acids is 1. The Kier molecular flexibility index (Phi) is 3.55. The molecule has 1 aromatic carbocycles. The Morgan fingerprint density at radius 2 is 2.00 bits per heavy atom. The van der Waals surface area contributed by atoms with Gasteiger partial charge in [0.1, 0.15) is 5.69 Å². The molecule has 0 atom stereocenters. The number of nitrogens with zero attached hydrogens (tertiary/aromatic N) is 2. The first-order valence-electron chi connectivity index (χ1n) is 6.13. The molecule has 0 unspecified atom stereocenters. The summed E-state index contributed by atoms with van der Waals surface area (Å²) in [5, 5.41) is 0.903. The van der Waals surface area contributed by atoms with Crippen LogP contribution in [0.15, 0.2) is 29.1 Å². The van der Waals surface area contributed by atoms with Gasteiger partial charge in [-0.15, -0.1) is 0 Å². The highest BCUT2D eigenvalue weighted by Crippen LogP contribution is 2.20. The summed E-state index contributed by atoms with van der Waals surface area (Å²) >= 11 is 0. The van der Waals surface area contributed by atoms with E-state index in [9.17, 15) is 9.59 Å². The lowest BCUT2D eigenvalue weighted by molar-refractivity contribution is -0.107. The van der Waals surface area contributed by atoms with Gasteiger partial charge in [-0.25, -0.2) is 0 Å². The minimum atomic E-state index is -0.252. The second-order valence-electron chi connectivity index (χ2n) is 4.54. The van der Waals surface area contributed by atoms with E-state index in [1.165, 1.54) is 4.90 Å². The molecule has 0 spiro atoms. The van der Waals surface area contributed by atoms with Crippen molar-refractivity contribution < 1.29 is 4.79 Å². The third-order valence-electron chi connectivity index (χ3n) is 3.10. The summed E-state index contributed by atoms with van der Waals surface area (Å²) in [7, 11) is 3.89. The van der Waals surface area contributed by atoms with E-state index >= 15 is 0 Å². The smallest absolute Gasteiger partial charge is 0.272 e. The summed E-state index contributed by atoms with van der Waals surface area (Å²) in [4.78, 5) is 29.1. The number of hydrogen-bond donors (Lipinski definition) is 1. The molecule has 0 bridgehead atoms. The van der Waals surface area contributed by atoms with Crippen LogP contribution in [0, 0.1) is 0 Å². The number of fused-ring (bicyclic) bond motifs is 1. The second kappa shape index (κ2) is 5.14. The van der Waals surface area contributed by atoms with Crippen molar-refractivity contribution >= 4 is 28.7 Å². The van der Waals surface area contributed by atoms with E-state index in [-0.39, 0.29) is 5.56 Å². The average Bonchev–Trinajstić information content (AvgIpc) is 2.40. The van der Waals surface area contributed by atoms with Gasteiger partial charge in [0.05, 0.1) is 5.52 Å². The molecule has 1 aromatic heterocycles. The normalized spacial score (nSPS) is 10.5.